The average Bonchev–Trinajstić information content (AvgIpc) is 2.29. The van der Waals surface area contributed by atoms with Gasteiger partial charge in [-0.3, -0.25) is 4.79 Å². The Morgan fingerprint density at radius 3 is 2.60 bits per heavy atom. The topological polar surface area (TPSA) is 35.5 Å². The fraction of sp³-hybridized carbons (Fsp3) is 0.417. The number of carbonyl (C=O) groups excluding carboxylic acids is 1. The lowest BCUT2D eigenvalue weighted by Gasteiger charge is -2.03. The maximum absolute atomic E-state index is 9.80. The molecule has 0 bridgehead atoms. The maximum Gasteiger partial charge on any atom is 0.293 e. The molecule has 0 aliphatic carbocycles. The fourth-order valence-corrected chi connectivity index (χ4v) is 1.28. The van der Waals surface area contributed by atoms with Gasteiger partial charge in [-0.1, -0.05) is 30.3 Å². The summed E-state index contributed by atoms with van der Waals surface area (Å²) in [6, 6.07) is 10.3. The average molecular weight is 208 g/mol. The zero-order valence-electron chi connectivity index (χ0n) is 8.72. The molecule has 3 heteroatoms. The van der Waals surface area contributed by atoms with Gasteiger partial charge in [0, 0.05) is 6.61 Å². The van der Waals surface area contributed by atoms with Crippen molar-refractivity contribution in [2.45, 2.75) is 12.8 Å². The molecule has 0 spiro atoms. The SMILES string of the molecule is O=COCCOCCCc1ccccc1. The number of hydrogen-bond acceptors (Lipinski definition) is 3. The molecule has 0 saturated heterocycles. The third kappa shape index (κ3) is 5.86. The smallest absolute Gasteiger partial charge is 0.293 e. The Labute approximate surface area is 90.0 Å². The molecule has 1 rings (SSSR count). The van der Waals surface area contributed by atoms with E-state index in [2.05, 4.69) is 16.9 Å². The second kappa shape index (κ2) is 8.00. The molecule has 0 saturated carbocycles. The molecule has 82 valence electrons. The van der Waals surface area contributed by atoms with Crippen molar-refractivity contribution in [2.75, 3.05) is 19.8 Å². The van der Waals surface area contributed by atoms with E-state index in [-0.39, 0.29) is 0 Å². The minimum absolute atomic E-state index is 0.342. The lowest BCUT2D eigenvalue weighted by molar-refractivity contribution is -0.130. The minimum Gasteiger partial charge on any atom is -0.465 e. The van der Waals surface area contributed by atoms with Gasteiger partial charge in [-0.25, -0.2) is 0 Å². The van der Waals surface area contributed by atoms with Gasteiger partial charge < -0.3 is 9.47 Å². The van der Waals surface area contributed by atoms with E-state index >= 15 is 0 Å². The monoisotopic (exact) mass is 208 g/mol. The first-order valence-electron chi connectivity index (χ1n) is 5.10. The van der Waals surface area contributed by atoms with Crippen molar-refractivity contribution in [1.29, 1.82) is 0 Å². The summed E-state index contributed by atoms with van der Waals surface area (Å²) >= 11 is 0. The summed E-state index contributed by atoms with van der Waals surface area (Å²) in [4.78, 5) is 9.80. The quantitative estimate of drug-likeness (QED) is 0.483. The molecule has 1 aromatic rings. The van der Waals surface area contributed by atoms with Crippen molar-refractivity contribution in [3.63, 3.8) is 0 Å². The molecule has 0 heterocycles. The molecule has 3 nitrogen and oxygen atoms in total. The second-order valence-corrected chi connectivity index (χ2v) is 3.17. The molecular weight excluding hydrogens is 192 g/mol. The van der Waals surface area contributed by atoms with Crippen LogP contribution in [0.1, 0.15) is 12.0 Å². The molecule has 1 aromatic carbocycles. The first-order chi connectivity index (χ1) is 7.43. The summed E-state index contributed by atoms with van der Waals surface area (Å²) in [6.45, 7) is 1.97. The number of aryl methyl sites for hydroxylation is 1. The molecule has 0 aliphatic rings. The molecule has 0 fully saturated rings. The number of rotatable bonds is 8. The van der Waals surface area contributed by atoms with Crippen LogP contribution in [0.15, 0.2) is 30.3 Å². The highest BCUT2D eigenvalue weighted by Crippen LogP contribution is 2.02. The Hall–Kier alpha value is -1.35. The summed E-state index contributed by atoms with van der Waals surface area (Å²) in [5, 5.41) is 0. The summed E-state index contributed by atoms with van der Waals surface area (Å²) in [5.74, 6) is 0. The van der Waals surface area contributed by atoms with Crippen molar-refractivity contribution in [1.82, 2.24) is 0 Å². The summed E-state index contributed by atoms with van der Waals surface area (Å²) in [6.07, 6.45) is 2.01. The summed E-state index contributed by atoms with van der Waals surface area (Å²) < 4.78 is 9.77. The molecule has 0 atom stereocenters. The van der Waals surface area contributed by atoms with Gasteiger partial charge in [0.2, 0.25) is 0 Å². The highest BCUT2D eigenvalue weighted by molar-refractivity contribution is 5.36. The Morgan fingerprint density at radius 1 is 1.07 bits per heavy atom. The van der Waals surface area contributed by atoms with Gasteiger partial charge in [-0.2, -0.15) is 0 Å². The Morgan fingerprint density at radius 2 is 1.87 bits per heavy atom. The molecule has 0 unspecified atom stereocenters. The van der Waals surface area contributed by atoms with E-state index in [1.807, 2.05) is 18.2 Å². The van der Waals surface area contributed by atoms with Gasteiger partial charge in [0.05, 0.1) is 6.61 Å². The van der Waals surface area contributed by atoms with E-state index in [1.165, 1.54) is 5.56 Å². The standard InChI is InChI=1S/C12H16O3/c13-11-15-10-9-14-8-4-7-12-5-2-1-3-6-12/h1-3,5-6,11H,4,7-10H2. The number of hydrogen-bond donors (Lipinski definition) is 0. The van der Waals surface area contributed by atoms with Crippen molar-refractivity contribution in [2.24, 2.45) is 0 Å². The molecule has 0 aromatic heterocycles. The van der Waals surface area contributed by atoms with Gasteiger partial charge in [-0.15, -0.1) is 0 Å². The number of carbonyl (C=O) groups is 1. The Kier molecular flexibility index (Phi) is 6.25. The normalized spacial score (nSPS) is 9.87. The van der Waals surface area contributed by atoms with Crippen LogP contribution in [-0.2, 0) is 20.7 Å². The van der Waals surface area contributed by atoms with E-state index in [0.29, 0.717) is 26.3 Å². The molecule has 15 heavy (non-hydrogen) atoms. The van der Waals surface area contributed by atoms with Crippen LogP contribution >= 0.6 is 0 Å². The van der Waals surface area contributed by atoms with E-state index in [9.17, 15) is 4.79 Å². The molecule has 0 radical (unpaired) electrons. The Bertz CT molecular complexity index is 259. The van der Waals surface area contributed by atoms with Crippen molar-refractivity contribution in [3.05, 3.63) is 35.9 Å². The number of benzene rings is 1. The first kappa shape index (κ1) is 11.7. The van der Waals surface area contributed by atoms with E-state index in [0.717, 1.165) is 12.8 Å². The summed E-state index contributed by atoms with van der Waals surface area (Å²) in [7, 11) is 0. The highest BCUT2D eigenvalue weighted by Gasteiger charge is 1.92. The van der Waals surface area contributed by atoms with Crippen LogP contribution in [0.5, 0.6) is 0 Å². The van der Waals surface area contributed by atoms with E-state index < -0.39 is 0 Å². The molecule has 0 N–H and O–H groups in total. The molecule has 0 aliphatic heterocycles. The molecular formula is C12H16O3. The lowest BCUT2D eigenvalue weighted by atomic mass is 10.1. The van der Waals surface area contributed by atoms with E-state index in [1.54, 1.807) is 0 Å². The lowest BCUT2D eigenvalue weighted by Crippen LogP contribution is -2.04. The third-order valence-corrected chi connectivity index (χ3v) is 2.01. The first-order valence-corrected chi connectivity index (χ1v) is 5.10. The van der Waals surface area contributed by atoms with Crippen LogP contribution < -0.4 is 0 Å². The van der Waals surface area contributed by atoms with Crippen LogP contribution in [-0.4, -0.2) is 26.3 Å². The van der Waals surface area contributed by atoms with Crippen LogP contribution in [0.3, 0.4) is 0 Å². The largest absolute Gasteiger partial charge is 0.465 e. The Balaban J connectivity index is 1.95. The van der Waals surface area contributed by atoms with Gasteiger partial charge in [0.15, 0.2) is 0 Å². The van der Waals surface area contributed by atoms with Crippen molar-refractivity contribution < 1.29 is 14.3 Å². The predicted molar refractivity (Wildman–Crippen MR) is 57.6 cm³/mol. The van der Waals surface area contributed by atoms with Crippen molar-refractivity contribution >= 4 is 6.47 Å². The van der Waals surface area contributed by atoms with Gasteiger partial charge in [0.1, 0.15) is 6.61 Å². The van der Waals surface area contributed by atoms with Crippen LogP contribution in [0.4, 0.5) is 0 Å². The second-order valence-electron chi connectivity index (χ2n) is 3.17. The summed E-state index contributed by atoms with van der Waals surface area (Å²) in [5.41, 5.74) is 1.32. The van der Waals surface area contributed by atoms with Crippen LogP contribution in [0, 0.1) is 0 Å². The molecule has 0 amide bonds. The van der Waals surface area contributed by atoms with Gasteiger partial charge >= 0.3 is 0 Å². The van der Waals surface area contributed by atoms with Crippen LogP contribution in [0.2, 0.25) is 0 Å². The predicted octanol–water partition coefficient (Wildman–Crippen LogP) is 1.81. The van der Waals surface area contributed by atoms with Gasteiger partial charge in [0.25, 0.3) is 6.47 Å². The zero-order valence-corrected chi connectivity index (χ0v) is 8.72. The zero-order chi connectivity index (χ0) is 10.8. The van der Waals surface area contributed by atoms with Crippen molar-refractivity contribution in [3.8, 4) is 0 Å². The maximum atomic E-state index is 9.80. The van der Waals surface area contributed by atoms with Crippen LogP contribution in [0.25, 0.3) is 0 Å². The van der Waals surface area contributed by atoms with E-state index in [4.69, 9.17) is 4.74 Å². The highest BCUT2D eigenvalue weighted by atomic mass is 16.5. The minimum atomic E-state index is 0.342. The number of ether oxygens (including phenoxy) is 2. The third-order valence-electron chi connectivity index (χ3n) is 2.01. The van der Waals surface area contributed by atoms with Gasteiger partial charge in [-0.05, 0) is 18.4 Å². The fourth-order valence-electron chi connectivity index (χ4n) is 1.28.